The van der Waals surface area contributed by atoms with E-state index in [1.807, 2.05) is 20.8 Å². The molecule has 0 aliphatic carbocycles. The highest BCUT2D eigenvalue weighted by Crippen LogP contribution is 2.28. The lowest BCUT2D eigenvalue weighted by atomic mass is 9.87. The van der Waals surface area contributed by atoms with Crippen LogP contribution in [0, 0.1) is 5.82 Å². The second kappa shape index (κ2) is 5.23. The normalized spacial score (nSPS) is 19.7. The molecule has 108 valence electrons. The van der Waals surface area contributed by atoms with Crippen molar-refractivity contribution in [1.29, 1.82) is 0 Å². The van der Waals surface area contributed by atoms with E-state index in [0.29, 0.717) is 0 Å². The van der Waals surface area contributed by atoms with Gasteiger partial charge in [-0.1, -0.05) is 26.8 Å². The van der Waals surface area contributed by atoms with Crippen molar-refractivity contribution in [3.05, 3.63) is 29.6 Å². The molecule has 1 aliphatic rings. The Balaban J connectivity index is 2.14. The standard InChI is InChI=1S/C15H18FNO3/c1-15(2,3)9-4-5-11(10(16)8-9)20-12-6-7-13(18)17-14(12)19/h4-5,8,12H,6-7H2,1-3H3,(H,17,18,19). The van der Waals surface area contributed by atoms with Crippen LogP contribution in [0.5, 0.6) is 5.75 Å². The van der Waals surface area contributed by atoms with Crippen LogP contribution in [0.4, 0.5) is 4.39 Å². The van der Waals surface area contributed by atoms with Crippen LogP contribution in [0.1, 0.15) is 39.2 Å². The third-order valence-corrected chi connectivity index (χ3v) is 3.26. The minimum atomic E-state index is -0.817. The van der Waals surface area contributed by atoms with Crippen LogP contribution >= 0.6 is 0 Å². The number of halogens is 1. The van der Waals surface area contributed by atoms with Crippen molar-refractivity contribution < 1.29 is 18.7 Å². The van der Waals surface area contributed by atoms with Gasteiger partial charge < -0.3 is 4.74 Å². The summed E-state index contributed by atoms with van der Waals surface area (Å²) in [6.07, 6.45) is -0.342. The topological polar surface area (TPSA) is 55.4 Å². The van der Waals surface area contributed by atoms with Gasteiger partial charge in [-0.2, -0.15) is 0 Å². The highest BCUT2D eigenvalue weighted by molar-refractivity contribution is 5.99. The van der Waals surface area contributed by atoms with Crippen LogP contribution in [0.25, 0.3) is 0 Å². The summed E-state index contributed by atoms with van der Waals surface area (Å²) >= 11 is 0. The Morgan fingerprint density at radius 2 is 2.00 bits per heavy atom. The molecule has 4 nitrogen and oxygen atoms in total. The molecular formula is C15H18FNO3. The molecule has 1 fully saturated rings. The Bertz CT molecular complexity index is 549. The Hall–Kier alpha value is -1.91. The minimum absolute atomic E-state index is 0.0347. The molecule has 2 amide bonds. The lowest BCUT2D eigenvalue weighted by molar-refractivity contribution is -0.138. The molecule has 1 aliphatic heterocycles. The molecule has 1 unspecified atom stereocenters. The average molecular weight is 279 g/mol. The predicted octanol–water partition coefficient (Wildman–Crippen LogP) is 2.31. The molecule has 2 rings (SSSR count). The number of piperidine rings is 1. The summed E-state index contributed by atoms with van der Waals surface area (Å²) in [5.74, 6) is -1.30. The van der Waals surface area contributed by atoms with Crippen molar-refractivity contribution >= 4 is 11.8 Å². The molecule has 0 saturated carbocycles. The van der Waals surface area contributed by atoms with Crippen LogP contribution in [-0.4, -0.2) is 17.9 Å². The summed E-state index contributed by atoms with van der Waals surface area (Å²) < 4.78 is 19.4. The number of hydrogen-bond acceptors (Lipinski definition) is 3. The van der Waals surface area contributed by atoms with Crippen LogP contribution < -0.4 is 10.1 Å². The van der Waals surface area contributed by atoms with Crippen LogP contribution in [0.15, 0.2) is 18.2 Å². The number of carbonyl (C=O) groups is 2. The number of nitrogens with one attached hydrogen (secondary N) is 1. The molecule has 5 heteroatoms. The maximum Gasteiger partial charge on any atom is 0.267 e. The Morgan fingerprint density at radius 1 is 1.30 bits per heavy atom. The van der Waals surface area contributed by atoms with Crippen molar-refractivity contribution in [2.75, 3.05) is 0 Å². The van der Waals surface area contributed by atoms with Gasteiger partial charge in [-0.25, -0.2) is 4.39 Å². The minimum Gasteiger partial charge on any atom is -0.478 e. The Morgan fingerprint density at radius 3 is 2.55 bits per heavy atom. The summed E-state index contributed by atoms with van der Waals surface area (Å²) in [4.78, 5) is 22.6. The third-order valence-electron chi connectivity index (χ3n) is 3.26. The molecule has 0 bridgehead atoms. The SMILES string of the molecule is CC(C)(C)c1ccc(OC2CCC(=O)NC2=O)c(F)c1. The molecule has 1 N–H and O–H groups in total. The van der Waals surface area contributed by atoms with E-state index in [1.165, 1.54) is 12.1 Å². The zero-order chi connectivity index (χ0) is 14.9. The molecule has 0 spiro atoms. The number of ether oxygens (including phenoxy) is 1. The maximum atomic E-state index is 14.0. The van der Waals surface area contributed by atoms with E-state index >= 15 is 0 Å². The summed E-state index contributed by atoms with van der Waals surface area (Å²) in [6, 6.07) is 4.73. The average Bonchev–Trinajstić information content (AvgIpc) is 2.33. The van der Waals surface area contributed by atoms with Gasteiger partial charge in [0.2, 0.25) is 5.91 Å². The molecule has 1 atom stereocenters. The van der Waals surface area contributed by atoms with Gasteiger partial charge in [0.15, 0.2) is 17.7 Å². The quantitative estimate of drug-likeness (QED) is 0.845. The molecule has 1 aromatic rings. The lowest BCUT2D eigenvalue weighted by Gasteiger charge is -2.23. The maximum absolute atomic E-state index is 14.0. The van der Waals surface area contributed by atoms with Crippen LogP contribution in [-0.2, 0) is 15.0 Å². The molecule has 1 aromatic carbocycles. The summed E-state index contributed by atoms with van der Waals surface area (Å²) in [5, 5.41) is 2.18. The second-order valence-corrected chi connectivity index (χ2v) is 5.95. The molecule has 0 radical (unpaired) electrons. The number of imide groups is 1. The monoisotopic (exact) mass is 279 g/mol. The summed E-state index contributed by atoms with van der Waals surface area (Å²) in [6.45, 7) is 5.97. The first-order chi connectivity index (χ1) is 9.27. The van der Waals surface area contributed by atoms with Gasteiger partial charge in [-0.05, 0) is 23.1 Å². The van der Waals surface area contributed by atoms with Crippen molar-refractivity contribution in [2.24, 2.45) is 0 Å². The van der Waals surface area contributed by atoms with Gasteiger partial charge in [0.05, 0.1) is 0 Å². The highest BCUT2D eigenvalue weighted by Gasteiger charge is 2.29. The van der Waals surface area contributed by atoms with Gasteiger partial charge in [0.1, 0.15) is 0 Å². The number of rotatable bonds is 2. The number of hydrogen-bond donors (Lipinski definition) is 1. The fourth-order valence-corrected chi connectivity index (χ4v) is 2.00. The summed E-state index contributed by atoms with van der Waals surface area (Å²) in [7, 11) is 0. The van der Waals surface area contributed by atoms with Gasteiger partial charge >= 0.3 is 0 Å². The van der Waals surface area contributed by atoms with Gasteiger partial charge in [0, 0.05) is 12.8 Å². The van der Waals surface area contributed by atoms with E-state index in [1.54, 1.807) is 6.07 Å². The lowest BCUT2D eigenvalue weighted by Crippen LogP contribution is -2.46. The first kappa shape index (κ1) is 14.5. The molecule has 20 heavy (non-hydrogen) atoms. The van der Waals surface area contributed by atoms with E-state index in [4.69, 9.17) is 4.74 Å². The van der Waals surface area contributed by atoms with Gasteiger partial charge in [0.25, 0.3) is 5.91 Å². The van der Waals surface area contributed by atoms with E-state index in [9.17, 15) is 14.0 Å². The second-order valence-electron chi connectivity index (χ2n) is 5.95. The van der Waals surface area contributed by atoms with Crippen LogP contribution in [0.2, 0.25) is 0 Å². The van der Waals surface area contributed by atoms with E-state index in [0.717, 1.165) is 5.56 Å². The highest BCUT2D eigenvalue weighted by atomic mass is 19.1. The molecule has 1 saturated heterocycles. The number of amides is 2. The molecule has 0 aromatic heterocycles. The van der Waals surface area contributed by atoms with Gasteiger partial charge in [-0.15, -0.1) is 0 Å². The zero-order valence-electron chi connectivity index (χ0n) is 11.8. The Labute approximate surface area is 117 Å². The molecular weight excluding hydrogens is 261 g/mol. The largest absolute Gasteiger partial charge is 0.478 e. The fourth-order valence-electron chi connectivity index (χ4n) is 2.00. The van der Waals surface area contributed by atoms with E-state index in [-0.39, 0.29) is 29.9 Å². The zero-order valence-corrected chi connectivity index (χ0v) is 11.8. The first-order valence-corrected chi connectivity index (χ1v) is 6.58. The van der Waals surface area contributed by atoms with E-state index in [2.05, 4.69) is 5.32 Å². The van der Waals surface area contributed by atoms with Crippen molar-refractivity contribution in [2.45, 2.75) is 45.1 Å². The van der Waals surface area contributed by atoms with Gasteiger partial charge in [-0.3, -0.25) is 14.9 Å². The first-order valence-electron chi connectivity index (χ1n) is 6.58. The van der Waals surface area contributed by atoms with E-state index < -0.39 is 17.8 Å². The Kier molecular flexibility index (Phi) is 3.79. The number of benzene rings is 1. The molecule has 1 heterocycles. The van der Waals surface area contributed by atoms with Crippen molar-refractivity contribution in [3.8, 4) is 5.75 Å². The van der Waals surface area contributed by atoms with Crippen molar-refractivity contribution in [3.63, 3.8) is 0 Å². The third kappa shape index (κ3) is 3.15. The smallest absolute Gasteiger partial charge is 0.267 e. The summed E-state index contributed by atoms with van der Waals surface area (Å²) in [5.41, 5.74) is 0.694. The predicted molar refractivity (Wildman–Crippen MR) is 71.9 cm³/mol. The van der Waals surface area contributed by atoms with Crippen molar-refractivity contribution in [1.82, 2.24) is 5.32 Å². The fraction of sp³-hybridized carbons (Fsp3) is 0.467. The van der Waals surface area contributed by atoms with Crippen LogP contribution in [0.3, 0.4) is 0 Å². The number of carbonyl (C=O) groups excluding carboxylic acids is 2.